The maximum Gasteiger partial charge on any atom is 0.434 e. The highest BCUT2D eigenvalue weighted by Crippen LogP contribution is 2.43. The van der Waals surface area contributed by atoms with E-state index in [1.54, 1.807) is 0 Å². The zero-order chi connectivity index (χ0) is 20.5. The molecule has 1 aromatic heterocycles. The Hall–Kier alpha value is -2.84. The van der Waals surface area contributed by atoms with E-state index in [0.29, 0.717) is 23.0 Å². The van der Waals surface area contributed by atoms with E-state index >= 15 is 0 Å². The lowest BCUT2D eigenvalue weighted by Crippen LogP contribution is -2.41. The van der Waals surface area contributed by atoms with Crippen molar-refractivity contribution in [2.75, 3.05) is 6.54 Å². The van der Waals surface area contributed by atoms with Crippen LogP contribution in [0.3, 0.4) is 0 Å². The van der Waals surface area contributed by atoms with Crippen LogP contribution in [0.15, 0.2) is 30.5 Å². The fourth-order valence-corrected chi connectivity index (χ4v) is 3.43. The summed E-state index contributed by atoms with van der Waals surface area (Å²) < 4.78 is 40.4. The van der Waals surface area contributed by atoms with Gasteiger partial charge in [-0.05, 0) is 48.9 Å². The van der Waals surface area contributed by atoms with Crippen molar-refractivity contribution in [2.24, 2.45) is 5.41 Å². The number of amides is 1. The molecule has 6 nitrogen and oxygen atoms in total. The highest BCUT2D eigenvalue weighted by Gasteiger charge is 2.40. The van der Waals surface area contributed by atoms with Gasteiger partial charge in [0.2, 0.25) is 0 Å². The number of carboxylic acid groups (broad SMARTS) is 1. The van der Waals surface area contributed by atoms with Crippen molar-refractivity contribution in [3.63, 3.8) is 0 Å². The third-order valence-electron chi connectivity index (χ3n) is 5.43. The molecule has 0 radical (unpaired) electrons. The second-order valence-electron chi connectivity index (χ2n) is 7.06. The summed E-state index contributed by atoms with van der Waals surface area (Å²) in [6.07, 6.45) is 0.0637. The number of aromatic carboxylic acids is 1. The van der Waals surface area contributed by atoms with E-state index < -0.39 is 23.4 Å². The van der Waals surface area contributed by atoms with E-state index in [0.717, 1.165) is 25.7 Å². The van der Waals surface area contributed by atoms with Gasteiger partial charge in [-0.25, -0.2) is 9.48 Å². The zero-order valence-electron chi connectivity index (χ0n) is 15.2. The Morgan fingerprint density at radius 1 is 1.25 bits per heavy atom. The second-order valence-corrected chi connectivity index (χ2v) is 7.06. The highest BCUT2D eigenvalue weighted by atomic mass is 19.4. The lowest BCUT2D eigenvalue weighted by Gasteiger charge is -2.41. The number of hydrogen-bond acceptors (Lipinski definition) is 3. The van der Waals surface area contributed by atoms with Crippen LogP contribution in [0.1, 0.15) is 59.0 Å². The van der Waals surface area contributed by atoms with Crippen LogP contribution in [0.25, 0.3) is 5.69 Å². The number of hydrogen-bond donors (Lipinski definition) is 2. The molecule has 1 aromatic carbocycles. The minimum absolute atomic E-state index is 0.0143. The molecular formula is C19H20F3N3O3. The second kappa shape index (κ2) is 7.29. The van der Waals surface area contributed by atoms with Gasteiger partial charge in [0.05, 0.1) is 11.9 Å². The van der Waals surface area contributed by atoms with E-state index in [4.69, 9.17) is 5.11 Å². The summed E-state index contributed by atoms with van der Waals surface area (Å²) in [7, 11) is 0. The fourth-order valence-electron chi connectivity index (χ4n) is 3.43. The van der Waals surface area contributed by atoms with Crippen molar-refractivity contribution in [3.8, 4) is 5.69 Å². The molecular weight excluding hydrogens is 375 g/mol. The molecule has 28 heavy (non-hydrogen) atoms. The average Bonchev–Trinajstić information content (AvgIpc) is 3.07. The Morgan fingerprint density at radius 2 is 1.89 bits per heavy atom. The van der Waals surface area contributed by atoms with Crippen LogP contribution in [-0.4, -0.2) is 33.3 Å². The summed E-state index contributed by atoms with van der Waals surface area (Å²) in [6, 6.07) is 5.40. The molecule has 1 aliphatic rings. The van der Waals surface area contributed by atoms with Crippen molar-refractivity contribution >= 4 is 11.9 Å². The minimum Gasteiger partial charge on any atom is -0.478 e. The number of aromatic nitrogens is 2. The number of alkyl halides is 3. The number of nitrogens with zero attached hydrogens (tertiary/aromatic N) is 2. The molecule has 1 aliphatic carbocycles. The number of carboxylic acids is 1. The van der Waals surface area contributed by atoms with Crippen molar-refractivity contribution < 1.29 is 27.9 Å². The Kier molecular flexibility index (Phi) is 5.18. The normalized spacial score (nSPS) is 15.7. The molecule has 3 rings (SSSR count). The third kappa shape index (κ3) is 3.74. The first-order valence-electron chi connectivity index (χ1n) is 8.94. The van der Waals surface area contributed by atoms with Crippen LogP contribution >= 0.6 is 0 Å². The molecule has 0 aliphatic heterocycles. The zero-order valence-corrected chi connectivity index (χ0v) is 15.2. The number of rotatable bonds is 6. The number of carbonyl (C=O) groups is 2. The number of nitrogens with one attached hydrogen (secondary N) is 1. The van der Waals surface area contributed by atoms with Gasteiger partial charge >= 0.3 is 12.1 Å². The Labute approximate surface area is 159 Å². The minimum atomic E-state index is -4.89. The summed E-state index contributed by atoms with van der Waals surface area (Å²) in [4.78, 5) is 23.4. The maximum atomic E-state index is 13.3. The van der Waals surface area contributed by atoms with Crippen LogP contribution < -0.4 is 5.32 Å². The van der Waals surface area contributed by atoms with Crippen molar-refractivity contribution in [1.82, 2.24) is 15.1 Å². The predicted molar refractivity (Wildman–Crippen MR) is 94.4 cm³/mol. The van der Waals surface area contributed by atoms with Crippen LogP contribution in [0.2, 0.25) is 0 Å². The van der Waals surface area contributed by atoms with Gasteiger partial charge in [-0.2, -0.15) is 18.3 Å². The van der Waals surface area contributed by atoms with Gasteiger partial charge < -0.3 is 10.4 Å². The first-order valence-corrected chi connectivity index (χ1v) is 8.94. The van der Waals surface area contributed by atoms with Crippen molar-refractivity contribution in [3.05, 3.63) is 47.3 Å². The van der Waals surface area contributed by atoms with E-state index in [9.17, 15) is 22.8 Å². The van der Waals surface area contributed by atoms with Gasteiger partial charge in [-0.1, -0.05) is 13.3 Å². The molecule has 9 heteroatoms. The van der Waals surface area contributed by atoms with Crippen LogP contribution in [-0.2, 0) is 6.18 Å². The van der Waals surface area contributed by atoms with Gasteiger partial charge in [0.15, 0.2) is 5.69 Å². The molecule has 2 aromatic rings. The number of carbonyl (C=O) groups excluding carboxylic acids is 1. The molecule has 1 heterocycles. The quantitative estimate of drug-likeness (QED) is 0.777. The molecule has 150 valence electrons. The Morgan fingerprint density at radius 3 is 2.36 bits per heavy atom. The molecule has 1 saturated carbocycles. The summed E-state index contributed by atoms with van der Waals surface area (Å²) in [5.41, 5.74) is -1.82. The van der Waals surface area contributed by atoms with Gasteiger partial charge in [0.1, 0.15) is 5.56 Å². The van der Waals surface area contributed by atoms with Crippen LogP contribution in [0.5, 0.6) is 0 Å². The van der Waals surface area contributed by atoms with Crippen LogP contribution in [0.4, 0.5) is 13.2 Å². The number of halogens is 3. The summed E-state index contributed by atoms with van der Waals surface area (Å²) in [5.74, 6) is -2.01. The van der Waals surface area contributed by atoms with Crippen LogP contribution in [0, 0.1) is 5.41 Å². The molecule has 1 amide bonds. The SMILES string of the molecule is CCC1(CNC(=O)c2ccc(-n3ncc(C(=O)O)c3C(F)(F)F)cc2)CCC1. The Bertz CT molecular complexity index is 879. The van der Waals surface area contributed by atoms with E-state index in [1.165, 1.54) is 24.3 Å². The summed E-state index contributed by atoms with van der Waals surface area (Å²) in [6.45, 7) is 2.66. The summed E-state index contributed by atoms with van der Waals surface area (Å²) >= 11 is 0. The van der Waals surface area contributed by atoms with Gasteiger partial charge in [0.25, 0.3) is 5.91 Å². The molecule has 0 atom stereocenters. The Balaban J connectivity index is 1.80. The lowest BCUT2D eigenvalue weighted by molar-refractivity contribution is -0.143. The van der Waals surface area contributed by atoms with E-state index in [-0.39, 0.29) is 17.0 Å². The standard InChI is InChI=1S/C19H20F3N3O3/c1-2-18(8-3-9-18)11-23-16(26)12-4-6-13(7-5-12)25-15(19(20,21)22)14(10-24-25)17(27)28/h4-7,10H,2-3,8-9,11H2,1H3,(H,23,26)(H,27,28). The monoisotopic (exact) mass is 395 g/mol. The van der Waals surface area contributed by atoms with E-state index in [1.807, 2.05) is 0 Å². The molecule has 0 spiro atoms. The predicted octanol–water partition coefficient (Wildman–Crippen LogP) is 3.90. The number of benzene rings is 1. The van der Waals surface area contributed by atoms with Crippen molar-refractivity contribution in [2.45, 2.75) is 38.8 Å². The molecule has 0 saturated heterocycles. The first kappa shape index (κ1) is 19.9. The first-order chi connectivity index (χ1) is 13.2. The lowest BCUT2D eigenvalue weighted by atomic mass is 9.67. The molecule has 1 fully saturated rings. The van der Waals surface area contributed by atoms with E-state index in [2.05, 4.69) is 17.3 Å². The largest absolute Gasteiger partial charge is 0.478 e. The smallest absolute Gasteiger partial charge is 0.434 e. The van der Waals surface area contributed by atoms with Crippen molar-refractivity contribution in [1.29, 1.82) is 0 Å². The average molecular weight is 395 g/mol. The summed E-state index contributed by atoms with van der Waals surface area (Å²) in [5, 5.41) is 15.4. The highest BCUT2D eigenvalue weighted by molar-refractivity contribution is 5.94. The van der Waals surface area contributed by atoms with Gasteiger partial charge in [-0.15, -0.1) is 0 Å². The topological polar surface area (TPSA) is 84.2 Å². The van der Waals surface area contributed by atoms with Gasteiger partial charge in [0, 0.05) is 12.1 Å². The molecule has 0 bridgehead atoms. The van der Waals surface area contributed by atoms with Gasteiger partial charge in [-0.3, -0.25) is 4.79 Å². The maximum absolute atomic E-state index is 13.3. The molecule has 0 unspecified atom stereocenters. The third-order valence-corrected chi connectivity index (χ3v) is 5.43. The molecule has 2 N–H and O–H groups in total. The fraction of sp³-hybridized carbons (Fsp3) is 0.421.